The molecule has 1 aromatic carbocycles. The zero-order valence-electron chi connectivity index (χ0n) is 12.4. The second kappa shape index (κ2) is 5.83. The highest BCUT2D eigenvalue weighted by Crippen LogP contribution is 2.24. The lowest BCUT2D eigenvalue weighted by Crippen LogP contribution is -2.29. The van der Waals surface area contributed by atoms with Crippen LogP contribution in [-0.2, 0) is 4.79 Å². The summed E-state index contributed by atoms with van der Waals surface area (Å²) in [4.78, 5) is 23.0. The molecule has 1 aromatic rings. The minimum atomic E-state index is -0.470. The van der Waals surface area contributed by atoms with Crippen LogP contribution in [-0.4, -0.2) is 23.2 Å². The van der Waals surface area contributed by atoms with Crippen LogP contribution in [0, 0.1) is 13.8 Å². The van der Waals surface area contributed by atoms with E-state index >= 15 is 0 Å². The molecule has 110 valence electrons. The maximum Gasteiger partial charge on any atom is 0.250 e. The average molecular weight is 285 g/mol. The third-order valence-electron chi connectivity index (χ3n) is 3.47. The van der Waals surface area contributed by atoms with Crippen LogP contribution in [0.3, 0.4) is 0 Å². The Labute approximate surface area is 124 Å². The number of primary amides is 1. The number of hydrogen-bond donors (Lipinski definition) is 2. The number of amides is 1. The van der Waals surface area contributed by atoms with Crippen LogP contribution in [0.2, 0.25) is 0 Å². The number of aryl methyl sites for hydroxylation is 1. The summed E-state index contributed by atoms with van der Waals surface area (Å²) < 4.78 is 0. The van der Waals surface area contributed by atoms with E-state index in [9.17, 15) is 9.59 Å². The molecule has 0 saturated heterocycles. The molecule has 0 saturated carbocycles. The summed E-state index contributed by atoms with van der Waals surface area (Å²) in [6, 6.07) is 3.83. The maximum atomic E-state index is 11.7. The van der Waals surface area contributed by atoms with E-state index in [0.717, 1.165) is 22.4 Å². The van der Waals surface area contributed by atoms with Crippen molar-refractivity contribution in [1.29, 1.82) is 0 Å². The minimum Gasteiger partial charge on any atom is -0.366 e. The van der Waals surface area contributed by atoms with Gasteiger partial charge in [-0.25, -0.2) is 0 Å². The zero-order chi connectivity index (χ0) is 15.6. The van der Waals surface area contributed by atoms with E-state index in [0.29, 0.717) is 12.1 Å². The summed E-state index contributed by atoms with van der Waals surface area (Å²) in [6.07, 6.45) is 5.21. The molecule has 0 bridgehead atoms. The molecule has 1 aliphatic rings. The van der Waals surface area contributed by atoms with Crippen molar-refractivity contribution in [3.63, 3.8) is 0 Å². The zero-order valence-corrected chi connectivity index (χ0v) is 12.4. The Balaban J connectivity index is 2.29. The SMILES string of the molecule is CC(=O)c1c(C)ccc(NN2C=C(C(N)=O)C=CC2)c1C. The number of hydrogen-bond acceptors (Lipinski definition) is 4. The van der Waals surface area contributed by atoms with E-state index < -0.39 is 5.91 Å². The van der Waals surface area contributed by atoms with Gasteiger partial charge in [-0.1, -0.05) is 18.2 Å². The summed E-state index contributed by atoms with van der Waals surface area (Å²) in [5.41, 5.74) is 12.3. The van der Waals surface area contributed by atoms with Gasteiger partial charge in [-0.2, -0.15) is 0 Å². The van der Waals surface area contributed by atoms with Gasteiger partial charge in [0.2, 0.25) is 5.91 Å². The summed E-state index contributed by atoms with van der Waals surface area (Å²) in [7, 11) is 0. The first-order chi connectivity index (χ1) is 9.90. The topological polar surface area (TPSA) is 75.4 Å². The lowest BCUT2D eigenvalue weighted by molar-refractivity contribution is -0.114. The molecule has 2 rings (SSSR count). The first-order valence-electron chi connectivity index (χ1n) is 6.72. The molecule has 1 amide bonds. The van der Waals surface area contributed by atoms with Crippen LogP contribution >= 0.6 is 0 Å². The Kier molecular flexibility index (Phi) is 4.12. The normalized spacial score (nSPS) is 13.9. The fourth-order valence-corrected chi connectivity index (χ4v) is 2.45. The van der Waals surface area contributed by atoms with Gasteiger partial charge < -0.3 is 5.73 Å². The lowest BCUT2D eigenvalue weighted by atomic mass is 9.98. The van der Waals surface area contributed by atoms with E-state index in [1.54, 1.807) is 24.2 Å². The van der Waals surface area contributed by atoms with Gasteiger partial charge in [0.05, 0.1) is 17.8 Å². The molecular formula is C16H19N3O2. The minimum absolute atomic E-state index is 0.0422. The van der Waals surface area contributed by atoms with Crippen molar-refractivity contribution in [2.75, 3.05) is 12.0 Å². The van der Waals surface area contributed by atoms with Crippen molar-refractivity contribution in [1.82, 2.24) is 5.01 Å². The summed E-state index contributed by atoms with van der Waals surface area (Å²) >= 11 is 0. The fourth-order valence-electron chi connectivity index (χ4n) is 2.45. The molecule has 0 atom stereocenters. The number of rotatable bonds is 4. The fraction of sp³-hybridized carbons (Fsp3) is 0.250. The number of nitrogens with zero attached hydrogens (tertiary/aromatic N) is 1. The monoisotopic (exact) mass is 285 g/mol. The molecule has 5 nitrogen and oxygen atoms in total. The molecule has 21 heavy (non-hydrogen) atoms. The van der Waals surface area contributed by atoms with Crippen LogP contribution in [0.5, 0.6) is 0 Å². The van der Waals surface area contributed by atoms with Crippen molar-refractivity contribution >= 4 is 17.4 Å². The summed E-state index contributed by atoms with van der Waals surface area (Å²) in [5.74, 6) is -0.427. The second-order valence-electron chi connectivity index (χ2n) is 5.10. The Morgan fingerprint density at radius 1 is 1.29 bits per heavy atom. The lowest BCUT2D eigenvalue weighted by Gasteiger charge is -2.26. The first kappa shape index (κ1) is 14.8. The van der Waals surface area contributed by atoms with E-state index in [-0.39, 0.29) is 5.78 Å². The first-order valence-corrected chi connectivity index (χ1v) is 6.72. The van der Waals surface area contributed by atoms with E-state index in [1.165, 1.54) is 0 Å². The van der Waals surface area contributed by atoms with E-state index in [2.05, 4.69) is 5.43 Å². The molecule has 0 radical (unpaired) electrons. The number of nitrogens with two attached hydrogens (primary N) is 1. The quantitative estimate of drug-likeness (QED) is 0.830. The molecular weight excluding hydrogens is 266 g/mol. The largest absolute Gasteiger partial charge is 0.366 e. The molecule has 0 aromatic heterocycles. The molecule has 1 heterocycles. The molecule has 0 unspecified atom stereocenters. The Morgan fingerprint density at radius 3 is 2.62 bits per heavy atom. The van der Waals surface area contributed by atoms with Gasteiger partial charge in [-0.05, 0) is 38.0 Å². The van der Waals surface area contributed by atoms with E-state index in [4.69, 9.17) is 5.73 Å². The van der Waals surface area contributed by atoms with Crippen molar-refractivity contribution in [2.45, 2.75) is 20.8 Å². The van der Waals surface area contributed by atoms with Crippen LogP contribution in [0.4, 0.5) is 5.69 Å². The van der Waals surface area contributed by atoms with Gasteiger partial charge in [-0.15, -0.1) is 0 Å². The van der Waals surface area contributed by atoms with Crippen molar-refractivity contribution in [2.24, 2.45) is 5.73 Å². The predicted molar refractivity (Wildman–Crippen MR) is 82.7 cm³/mol. The van der Waals surface area contributed by atoms with Crippen LogP contribution < -0.4 is 11.2 Å². The predicted octanol–water partition coefficient (Wildman–Crippen LogP) is 2.07. The number of anilines is 1. The van der Waals surface area contributed by atoms with Crippen LogP contribution in [0.1, 0.15) is 28.4 Å². The van der Waals surface area contributed by atoms with Crippen LogP contribution in [0.25, 0.3) is 0 Å². The summed E-state index contributed by atoms with van der Waals surface area (Å²) in [5, 5.41) is 1.77. The number of nitrogens with one attached hydrogen (secondary N) is 1. The van der Waals surface area contributed by atoms with Gasteiger partial charge in [0.15, 0.2) is 5.78 Å². The molecule has 0 aliphatic carbocycles. The number of carbonyl (C=O) groups is 2. The molecule has 0 fully saturated rings. The Morgan fingerprint density at radius 2 is 2.00 bits per heavy atom. The van der Waals surface area contributed by atoms with Crippen molar-refractivity contribution in [3.05, 3.63) is 52.7 Å². The molecule has 1 aliphatic heterocycles. The van der Waals surface area contributed by atoms with Gasteiger partial charge >= 0.3 is 0 Å². The Bertz CT molecular complexity index is 660. The highest BCUT2D eigenvalue weighted by Gasteiger charge is 2.14. The van der Waals surface area contributed by atoms with Crippen molar-refractivity contribution in [3.8, 4) is 0 Å². The number of hydrazine groups is 1. The summed E-state index contributed by atoms with van der Waals surface area (Å²) in [6.45, 7) is 6.00. The highest BCUT2D eigenvalue weighted by atomic mass is 16.1. The van der Waals surface area contributed by atoms with Gasteiger partial charge in [0.25, 0.3) is 0 Å². The third kappa shape index (κ3) is 3.13. The van der Waals surface area contributed by atoms with Gasteiger partial charge in [0, 0.05) is 11.8 Å². The Hall–Kier alpha value is -2.56. The maximum absolute atomic E-state index is 11.7. The standard InChI is InChI=1S/C16H19N3O2/c1-10-6-7-14(11(2)15(10)12(3)20)18-19-8-4-5-13(9-19)16(17)21/h4-7,9,18H,8H2,1-3H3,(H2,17,21). The molecule has 3 N–H and O–H groups in total. The molecule has 5 heteroatoms. The third-order valence-corrected chi connectivity index (χ3v) is 3.47. The number of carbonyl (C=O) groups excluding carboxylic acids is 2. The van der Waals surface area contributed by atoms with Crippen molar-refractivity contribution < 1.29 is 9.59 Å². The number of Topliss-reactive ketones (excluding diaryl/α,β-unsaturated/α-hetero) is 1. The second-order valence-corrected chi connectivity index (χ2v) is 5.10. The molecule has 0 spiro atoms. The van der Waals surface area contributed by atoms with Crippen LogP contribution in [0.15, 0.2) is 36.1 Å². The smallest absolute Gasteiger partial charge is 0.250 e. The van der Waals surface area contributed by atoms with Gasteiger partial charge in [-0.3, -0.25) is 20.0 Å². The van der Waals surface area contributed by atoms with E-state index in [1.807, 2.05) is 32.1 Å². The highest BCUT2D eigenvalue weighted by molar-refractivity contribution is 5.98. The average Bonchev–Trinajstić information content (AvgIpc) is 2.42. The number of benzene rings is 1. The number of ketones is 1. The van der Waals surface area contributed by atoms with Gasteiger partial charge in [0.1, 0.15) is 0 Å².